The van der Waals surface area contributed by atoms with Gasteiger partial charge in [0.1, 0.15) is 0 Å². The van der Waals surface area contributed by atoms with Gasteiger partial charge in [0.15, 0.2) is 0 Å². The molecule has 0 radical (unpaired) electrons. The van der Waals surface area contributed by atoms with Crippen LogP contribution in [0.5, 0.6) is 0 Å². The lowest BCUT2D eigenvalue weighted by molar-refractivity contribution is -0.118. The predicted molar refractivity (Wildman–Crippen MR) is 103 cm³/mol. The van der Waals surface area contributed by atoms with E-state index in [-0.39, 0.29) is 31.1 Å². The summed E-state index contributed by atoms with van der Waals surface area (Å²) in [5, 5.41) is 5.34. The van der Waals surface area contributed by atoms with E-state index in [4.69, 9.17) is 0 Å². The average Bonchev–Trinajstić information content (AvgIpc) is 2.66. The van der Waals surface area contributed by atoms with Gasteiger partial charge in [0.2, 0.25) is 11.8 Å². The molecule has 6 nitrogen and oxygen atoms in total. The van der Waals surface area contributed by atoms with E-state index in [1.54, 1.807) is 42.5 Å². The highest BCUT2D eigenvalue weighted by atomic mass is 19.3. The third-order valence-corrected chi connectivity index (χ3v) is 5.14. The van der Waals surface area contributed by atoms with Crippen molar-refractivity contribution in [1.29, 1.82) is 0 Å². The van der Waals surface area contributed by atoms with Crippen molar-refractivity contribution < 1.29 is 23.2 Å². The summed E-state index contributed by atoms with van der Waals surface area (Å²) in [5.74, 6) is -3.59. The van der Waals surface area contributed by atoms with E-state index in [1.807, 2.05) is 0 Å². The molecule has 1 aliphatic carbocycles. The summed E-state index contributed by atoms with van der Waals surface area (Å²) in [4.78, 5) is 37.7. The molecule has 2 aromatic rings. The molecule has 0 unspecified atom stereocenters. The summed E-state index contributed by atoms with van der Waals surface area (Å²) in [6.45, 7) is 0.299. The third kappa shape index (κ3) is 3.96. The lowest BCUT2D eigenvalue weighted by Gasteiger charge is -2.35. The fourth-order valence-corrected chi connectivity index (χ4v) is 3.60. The summed E-state index contributed by atoms with van der Waals surface area (Å²) < 4.78 is 26.3. The van der Waals surface area contributed by atoms with Gasteiger partial charge in [0.05, 0.1) is 5.69 Å². The first-order chi connectivity index (χ1) is 13.8. The number of imide groups is 1. The number of hydrogen-bond acceptors (Lipinski definition) is 3. The molecule has 29 heavy (non-hydrogen) atoms. The Hall–Kier alpha value is -3.29. The first-order valence-corrected chi connectivity index (χ1v) is 9.32. The van der Waals surface area contributed by atoms with Crippen LogP contribution in [0.15, 0.2) is 48.5 Å². The van der Waals surface area contributed by atoms with E-state index in [2.05, 4.69) is 10.6 Å². The molecule has 2 aliphatic rings. The second-order valence-electron chi connectivity index (χ2n) is 7.30. The Kier molecular flexibility index (Phi) is 4.77. The van der Waals surface area contributed by atoms with Crippen LogP contribution in [0.1, 0.15) is 41.1 Å². The Morgan fingerprint density at radius 3 is 2.59 bits per heavy atom. The first-order valence-electron chi connectivity index (χ1n) is 9.32. The van der Waals surface area contributed by atoms with Crippen LogP contribution in [0, 0.1) is 0 Å². The normalized spacial score (nSPS) is 18.8. The largest absolute Gasteiger partial charge is 0.337 e. The van der Waals surface area contributed by atoms with Gasteiger partial charge in [-0.05, 0) is 41.8 Å². The smallest absolute Gasteiger partial charge is 0.328 e. The van der Waals surface area contributed by atoms with Crippen LogP contribution in [0.4, 0.5) is 25.0 Å². The van der Waals surface area contributed by atoms with Gasteiger partial charge in [-0.1, -0.05) is 18.2 Å². The number of benzene rings is 2. The molecule has 150 valence electrons. The zero-order chi connectivity index (χ0) is 20.6. The number of amides is 4. The summed E-state index contributed by atoms with van der Waals surface area (Å²) in [6.07, 6.45) is -0.201. The van der Waals surface area contributed by atoms with Gasteiger partial charge in [-0.25, -0.2) is 18.5 Å². The number of carbonyl (C=O) groups is 3. The van der Waals surface area contributed by atoms with Crippen LogP contribution in [-0.4, -0.2) is 30.3 Å². The Bertz CT molecular complexity index is 969. The molecule has 2 aromatic carbocycles. The Labute approximate surface area is 165 Å². The second-order valence-corrected chi connectivity index (χ2v) is 7.30. The number of hydrogen-bond donors (Lipinski definition) is 2. The van der Waals surface area contributed by atoms with E-state index in [1.165, 1.54) is 6.07 Å². The number of carbonyl (C=O) groups excluding carboxylic acids is 3. The molecule has 1 saturated heterocycles. The van der Waals surface area contributed by atoms with Gasteiger partial charge in [-0.15, -0.1) is 0 Å². The van der Waals surface area contributed by atoms with Crippen LogP contribution in [0.3, 0.4) is 0 Å². The number of halogens is 2. The number of anilines is 2. The summed E-state index contributed by atoms with van der Waals surface area (Å²) in [5.41, 5.74) is 1.84. The van der Waals surface area contributed by atoms with Gasteiger partial charge in [0.25, 0.3) is 5.91 Å². The maximum Gasteiger partial charge on any atom is 0.328 e. The molecular weight excluding hydrogens is 380 g/mol. The van der Waals surface area contributed by atoms with E-state index in [9.17, 15) is 23.2 Å². The van der Waals surface area contributed by atoms with Crippen molar-refractivity contribution in [2.45, 2.75) is 31.1 Å². The molecule has 0 aromatic heterocycles. The minimum Gasteiger partial charge on any atom is -0.337 e. The molecule has 2 fully saturated rings. The molecule has 4 amide bonds. The molecule has 0 spiro atoms. The van der Waals surface area contributed by atoms with Crippen LogP contribution < -0.4 is 15.5 Å². The van der Waals surface area contributed by atoms with Crippen molar-refractivity contribution in [3.63, 3.8) is 0 Å². The standard InChI is InChI=1S/C21H19F2N3O3/c22-21(23)11-15(12-21)13-3-1-4-14(9-13)19(28)25-16-5-2-6-17(10-16)26-18(27)7-8-24-20(26)29/h1-6,9-10,15H,7-8,11-12H2,(H,24,29)(H,25,28). The summed E-state index contributed by atoms with van der Waals surface area (Å²) in [6, 6.07) is 12.6. The number of alkyl halides is 2. The van der Waals surface area contributed by atoms with Gasteiger partial charge < -0.3 is 10.6 Å². The van der Waals surface area contributed by atoms with Crippen molar-refractivity contribution in [3.8, 4) is 0 Å². The number of rotatable bonds is 4. The molecular formula is C21H19F2N3O3. The van der Waals surface area contributed by atoms with E-state index >= 15 is 0 Å². The van der Waals surface area contributed by atoms with E-state index in [0.717, 1.165) is 4.90 Å². The monoisotopic (exact) mass is 399 g/mol. The molecule has 1 saturated carbocycles. The minimum absolute atomic E-state index is 0.202. The SMILES string of the molecule is O=C(Nc1cccc(N2C(=O)CCNC2=O)c1)c1cccc(C2CC(F)(F)C2)c1. The number of nitrogens with one attached hydrogen (secondary N) is 2. The van der Waals surface area contributed by atoms with Crippen molar-refractivity contribution in [2.24, 2.45) is 0 Å². The molecule has 8 heteroatoms. The predicted octanol–water partition coefficient (Wildman–Crippen LogP) is 3.90. The van der Waals surface area contributed by atoms with Gasteiger partial charge >= 0.3 is 6.03 Å². The van der Waals surface area contributed by atoms with Crippen LogP contribution in [0.25, 0.3) is 0 Å². The summed E-state index contributed by atoms with van der Waals surface area (Å²) in [7, 11) is 0. The molecule has 0 bridgehead atoms. The number of nitrogens with zero attached hydrogens (tertiary/aromatic N) is 1. The average molecular weight is 399 g/mol. The highest BCUT2D eigenvalue weighted by molar-refractivity contribution is 6.16. The zero-order valence-corrected chi connectivity index (χ0v) is 15.5. The fourth-order valence-electron chi connectivity index (χ4n) is 3.60. The molecule has 4 rings (SSSR count). The number of urea groups is 1. The van der Waals surface area contributed by atoms with Crippen LogP contribution in [0.2, 0.25) is 0 Å². The van der Waals surface area contributed by atoms with Crippen molar-refractivity contribution >= 4 is 29.2 Å². The van der Waals surface area contributed by atoms with Gasteiger partial charge in [0, 0.05) is 37.1 Å². The van der Waals surface area contributed by atoms with Gasteiger partial charge in [-0.2, -0.15) is 0 Å². The second kappa shape index (κ2) is 7.27. The molecule has 0 atom stereocenters. The Morgan fingerprint density at radius 2 is 1.86 bits per heavy atom. The van der Waals surface area contributed by atoms with Gasteiger partial charge in [-0.3, -0.25) is 9.59 Å². The van der Waals surface area contributed by atoms with Crippen molar-refractivity contribution in [1.82, 2.24) is 5.32 Å². The lowest BCUT2D eigenvalue weighted by atomic mass is 9.76. The third-order valence-electron chi connectivity index (χ3n) is 5.14. The van der Waals surface area contributed by atoms with Crippen molar-refractivity contribution in [3.05, 3.63) is 59.7 Å². The van der Waals surface area contributed by atoms with Crippen LogP contribution in [-0.2, 0) is 4.79 Å². The first kappa shape index (κ1) is 19.0. The van der Waals surface area contributed by atoms with Crippen LogP contribution >= 0.6 is 0 Å². The fraction of sp³-hybridized carbons (Fsp3) is 0.286. The molecule has 1 aliphatic heterocycles. The zero-order valence-electron chi connectivity index (χ0n) is 15.5. The lowest BCUT2D eigenvalue weighted by Crippen LogP contribution is -2.50. The minimum atomic E-state index is -2.62. The van der Waals surface area contributed by atoms with E-state index < -0.39 is 17.9 Å². The quantitative estimate of drug-likeness (QED) is 0.819. The maximum atomic E-state index is 13.1. The van der Waals surface area contributed by atoms with Crippen molar-refractivity contribution in [2.75, 3.05) is 16.8 Å². The summed E-state index contributed by atoms with van der Waals surface area (Å²) >= 11 is 0. The maximum absolute atomic E-state index is 13.1. The topological polar surface area (TPSA) is 78.5 Å². The highest BCUT2D eigenvalue weighted by Gasteiger charge is 2.45. The van der Waals surface area contributed by atoms with E-state index in [0.29, 0.717) is 29.0 Å². The Morgan fingerprint density at radius 1 is 1.10 bits per heavy atom. The highest BCUT2D eigenvalue weighted by Crippen LogP contribution is 2.48. The molecule has 1 heterocycles. The molecule has 2 N–H and O–H groups in total. The Balaban J connectivity index is 1.49.